The number of ether oxygens (including phenoxy) is 1. The Morgan fingerprint density at radius 1 is 1.24 bits per heavy atom. The second-order valence-corrected chi connectivity index (χ2v) is 4.66. The maximum Gasteiger partial charge on any atom is 0.172 e. The number of unbranched alkanes of at least 4 members (excludes halogenated alkanes) is 1. The van der Waals surface area contributed by atoms with Crippen molar-refractivity contribution in [2.45, 2.75) is 40.0 Å². The van der Waals surface area contributed by atoms with Crippen LogP contribution in [-0.2, 0) is 11.2 Å². The van der Waals surface area contributed by atoms with E-state index in [2.05, 4.69) is 19.1 Å². The van der Waals surface area contributed by atoms with Crippen molar-refractivity contribution in [1.29, 1.82) is 0 Å². The molecule has 0 atom stereocenters. The second-order valence-electron chi connectivity index (χ2n) is 4.66. The van der Waals surface area contributed by atoms with E-state index in [0.717, 1.165) is 12.2 Å². The minimum atomic E-state index is 0.0406. The van der Waals surface area contributed by atoms with Crippen molar-refractivity contribution in [3.05, 3.63) is 29.8 Å². The summed E-state index contributed by atoms with van der Waals surface area (Å²) in [7, 11) is 0. The van der Waals surface area contributed by atoms with Gasteiger partial charge in [-0.3, -0.25) is 4.79 Å². The maximum atomic E-state index is 11.4. The topological polar surface area (TPSA) is 26.3 Å². The average molecular weight is 234 g/mol. The van der Waals surface area contributed by atoms with Crippen molar-refractivity contribution >= 4 is 5.78 Å². The summed E-state index contributed by atoms with van der Waals surface area (Å²) in [6, 6.07) is 8.03. The molecule has 0 aliphatic carbocycles. The second kappa shape index (κ2) is 7.10. The molecule has 0 saturated carbocycles. The SMILES string of the molecule is CCCCc1ccc(OCC(=O)C(C)C)cc1. The van der Waals surface area contributed by atoms with Crippen molar-refractivity contribution < 1.29 is 9.53 Å². The lowest BCUT2D eigenvalue weighted by atomic mass is 10.1. The van der Waals surface area contributed by atoms with E-state index in [4.69, 9.17) is 4.74 Å². The molecule has 1 aromatic rings. The Hall–Kier alpha value is -1.31. The molecule has 0 aromatic heterocycles. The third-order valence-electron chi connectivity index (χ3n) is 2.77. The molecule has 2 nitrogen and oxygen atoms in total. The number of Topliss-reactive ketones (excluding diaryl/α,β-unsaturated/α-hetero) is 1. The molecule has 0 N–H and O–H groups in total. The summed E-state index contributed by atoms with van der Waals surface area (Å²) in [5.74, 6) is 0.957. The van der Waals surface area contributed by atoms with Crippen molar-refractivity contribution in [3.63, 3.8) is 0 Å². The predicted molar refractivity (Wildman–Crippen MR) is 70.4 cm³/mol. The summed E-state index contributed by atoms with van der Waals surface area (Å²) in [6.45, 7) is 6.14. The van der Waals surface area contributed by atoms with Gasteiger partial charge in [0.1, 0.15) is 12.4 Å². The third kappa shape index (κ3) is 5.03. The van der Waals surface area contributed by atoms with Crippen LogP contribution in [0.25, 0.3) is 0 Å². The fourth-order valence-corrected chi connectivity index (χ4v) is 1.45. The summed E-state index contributed by atoms with van der Waals surface area (Å²) < 4.78 is 5.44. The molecule has 0 amide bonds. The van der Waals surface area contributed by atoms with Gasteiger partial charge < -0.3 is 4.74 Å². The molecule has 0 radical (unpaired) electrons. The lowest BCUT2D eigenvalue weighted by molar-refractivity contribution is -0.123. The van der Waals surface area contributed by atoms with Crippen LogP contribution in [0.2, 0.25) is 0 Å². The molecular formula is C15H22O2. The first-order valence-corrected chi connectivity index (χ1v) is 6.38. The molecule has 94 valence electrons. The smallest absolute Gasteiger partial charge is 0.172 e. The van der Waals surface area contributed by atoms with Gasteiger partial charge in [-0.05, 0) is 30.5 Å². The van der Waals surface area contributed by atoms with Gasteiger partial charge in [0, 0.05) is 5.92 Å². The van der Waals surface area contributed by atoms with Gasteiger partial charge in [-0.15, -0.1) is 0 Å². The fourth-order valence-electron chi connectivity index (χ4n) is 1.45. The van der Waals surface area contributed by atoms with Gasteiger partial charge >= 0.3 is 0 Å². The highest BCUT2D eigenvalue weighted by Gasteiger charge is 2.07. The first kappa shape index (κ1) is 13.8. The van der Waals surface area contributed by atoms with E-state index in [9.17, 15) is 4.79 Å². The number of rotatable bonds is 7. The van der Waals surface area contributed by atoms with Crippen molar-refractivity contribution in [2.75, 3.05) is 6.61 Å². The van der Waals surface area contributed by atoms with Gasteiger partial charge in [0.15, 0.2) is 5.78 Å². The van der Waals surface area contributed by atoms with E-state index < -0.39 is 0 Å². The Morgan fingerprint density at radius 3 is 2.41 bits per heavy atom. The molecule has 1 rings (SSSR count). The molecule has 0 unspecified atom stereocenters. The number of aryl methyl sites for hydroxylation is 1. The van der Waals surface area contributed by atoms with Crippen molar-refractivity contribution in [1.82, 2.24) is 0 Å². The summed E-state index contributed by atoms with van der Waals surface area (Å²) in [4.78, 5) is 11.4. The van der Waals surface area contributed by atoms with Gasteiger partial charge in [0.2, 0.25) is 0 Å². The number of carbonyl (C=O) groups excluding carboxylic acids is 1. The van der Waals surface area contributed by atoms with Crippen molar-refractivity contribution in [2.24, 2.45) is 5.92 Å². The van der Waals surface area contributed by atoms with Gasteiger partial charge in [-0.25, -0.2) is 0 Å². The molecule has 0 spiro atoms. The van der Waals surface area contributed by atoms with Crippen LogP contribution in [0.5, 0.6) is 5.75 Å². The van der Waals surface area contributed by atoms with Crippen LogP contribution in [0.15, 0.2) is 24.3 Å². The summed E-state index contributed by atoms with van der Waals surface area (Å²) in [6.07, 6.45) is 3.54. The first-order valence-electron chi connectivity index (χ1n) is 6.38. The highest BCUT2D eigenvalue weighted by Crippen LogP contribution is 2.14. The zero-order valence-corrected chi connectivity index (χ0v) is 11.0. The van der Waals surface area contributed by atoms with E-state index in [1.54, 1.807) is 0 Å². The van der Waals surface area contributed by atoms with Crippen molar-refractivity contribution in [3.8, 4) is 5.75 Å². The van der Waals surface area contributed by atoms with E-state index in [1.807, 2.05) is 26.0 Å². The molecule has 0 fully saturated rings. The van der Waals surface area contributed by atoms with Crippen LogP contribution >= 0.6 is 0 Å². The fraction of sp³-hybridized carbons (Fsp3) is 0.533. The number of ketones is 1. The molecule has 0 bridgehead atoms. The van der Waals surface area contributed by atoms with Crippen LogP contribution in [0.1, 0.15) is 39.2 Å². The van der Waals surface area contributed by atoms with Gasteiger partial charge in [-0.2, -0.15) is 0 Å². The number of hydrogen-bond donors (Lipinski definition) is 0. The number of hydrogen-bond acceptors (Lipinski definition) is 2. The summed E-state index contributed by atoms with van der Waals surface area (Å²) in [5.41, 5.74) is 1.33. The maximum absolute atomic E-state index is 11.4. The van der Waals surface area contributed by atoms with Gasteiger partial charge in [0.25, 0.3) is 0 Å². The molecule has 1 aromatic carbocycles. The lowest BCUT2D eigenvalue weighted by Gasteiger charge is -2.08. The Bertz CT molecular complexity index is 338. The van der Waals surface area contributed by atoms with E-state index in [0.29, 0.717) is 0 Å². The quantitative estimate of drug-likeness (QED) is 0.720. The normalized spacial score (nSPS) is 10.6. The van der Waals surface area contributed by atoms with E-state index >= 15 is 0 Å². The van der Waals surface area contributed by atoms with Crippen LogP contribution in [-0.4, -0.2) is 12.4 Å². The summed E-state index contributed by atoms with van der Waals surface area (Å²) >= 11 is 0. The summed E-state index contributed by atoms with van der Waals surface area (Å²) in [5, 5.41) is 0. The minimum absolute atomic E-state index is 0.0406. The molecule has 17 heavy (non-hydrogen) atoms. The first-order chi connectivity index (χ1) is 8.13. The molecular weight excluding hydrogens is 212 g/mol. The van der Waals surface area contributed by atoms with Gasteiger partial charge in [0.05, 0.1) is 0 Å². The van der Waals surface area contributed by atoms with Crippen LogP contribution in [0.3, 0.4) is 0 Å². The standard InChI is InChI=1S/C15H22O2/c1-4-5-6-13-7-9-14(10-8-13)17-11-15(16)12(2)3/h7-10,12H,4-6,11H2,1-3H3. The average Bonchev–Trinajstić information content (AvgIpc) is 2.34. The molecule has 2 heteroatoms. The number of benzene rings is 1. The van der Waals surface area contributed by atoms with Gasteiger partial charge in [-0.1, -0.05) is 39.3 Å². The molecule has 0 heterocycles. The molecule has 0 saturated heterocycles. The van der Waals surface area contributed by atoms with Crippen LogP contribution < -0.4 is 4.74 Å². The van der Waals surface area contributed by atoms with Crippen LogP contribution in [0, 0.1) is 5.92 Å². The van der Waals surface area contributed by atoms with E-state index in [-0.39, 0.29) is 18.3 Å². The predicted octanol–water partition coefficient (Wildman–Crippen LogP) is 3.63. The Morgan fingerprint density at radius 2 is 1.88 bits per heavy atom. The Kier molecular flexibility index (Phi) is 5.75. The Labute approximate surface area is 104 Å². The third-order valence-corrected chi connectivity index (χ3v) is 2.77. The molecule has 0 aliphatic heterocycles. The highest BCUT2D eigenvalue weighted by atomic mass is 16.5. The zero-order chi connectivity index (χ0) is 12.7. The van der Waals surface area contributed by atoms with Crippen LogP contribution in [0.4, 0.5) is 0 Å². The number of carbonyl (C=O) groups is 1. The monoisotopic (exact) mass is 234 g/mol. The lowest BCUT2D eigenvalue weighted by Crippen LogP contribution is -2.16. The Balaban J connectivity index is 2.42. The minimum Gasteiger partial charge on any atom is -0.486 e. The largest absolute Gasteiger partial charge is 0.486 e. The molecule has 0 aliphatic rings. The van der Waals surface area contributed by atoms with E-state index in [1.165, 1.54) is 18.4 Å². The highest BCUT2D eigenvalue weighted by molar-refractivity contribution is 5.81. The zero-order valence-electron chi connectivity index (χ0n) is 11.0.